The van der Waals surface area contributed by atoms with Crippen molar-refractivity contribution in [3.63, 3.8) is 0 Å². The second kappa shape index (κ2) is 7.71. The zero-order chi connectivity index (χ0) is 14.5. The molecule has 1 saturated carbocycles. The highest BCUT2D eigenvalue weighted by atomic mass is 35.5. The lowest BCUT2D eigenvalue weighted by molar-refractivity contribution is 0.570. The van der Waals surface area contributed by atoms with Crippen LogP contribution in [0.25, 0.3) is 0 Å². The van der Waals surface area contributed by atoms with Gasteiger partial charge < -0.3 is 5.32 Å². The smallest absolute Gasteiger partial charge is 0.130 e. The highest BCUT2D eigenvalue weighted by molar-refractivity contribution is 7.99. The number of rotatable bonds is 7. The van der Waals surface area contributed by atoms with Gasteiger partial charge in [-0.2, -0.15) is 16.9 Å². The van der Waals surface area contributed by atoms with E-state index in [9.17, 15) is 0 Å². The molecule has 0 aromatic carbocycles. The molecule has 0 radical (unpaired) electrons. The van der Waals surface area contributed by atoms with Crippen molar-refractivity contribution in [2.45, 2.75) is 57.2 Å². The van der Waals surface area contributed by atoms with Crippen LogP contribution >= 0.6 is 23.4 Å². The first-order valence-corrected chi connectivity index (χ1v) is 9.07. The Morgan fingerprint density at radius 1 is 1.45 bits per heavy atom. The minimum atomic E-state index is 0.492. The van der Waals surface area contributed by atoms with Gasteiger partial charge >= 0.3 is 0 Å². The number of halogens is 1. The molecule has 1 aromatic heterocycles. The first-order chi connectivity index (χ1) is 9.61. The third-order valence-corrected chi connectivity index (χ3v) is 6.06. The second-order valence-electron chi connectivity index (χ2n) is 5.68. The maximum Gasteiger partial charge on any atom is 0.130 e. The van der Waals surface area contributed by atoms with Gasteiger partial charge in [-0.05, 0) is 32.7 Å². The third-order valence-electron chi connectivity index (χ3n) is 4.05. The highest BCUT2D eigenvalue weighted by Crippen LogP contribution is 2.30. The molecule has 2 rings (SSSR count). The molecule has 1 heterocycles. The number of aryl methyl sites for hydroxylation is 2. The molecule has 1 fully saturated rings. The number of thioether (sulfide) groups is 1. The molecule has 3 nitrogen and oxygen atoms in total. The lowest BCUT2D eigenvalue weighted by Crippen LogP contribution is -2.34. The van der Waals surface area contributed by atoms with E-state index in [0.717, 1.165) is 29.1 Å². The van der Waals surface area contributed by atoms with Gasteiger partial charge in [0.25, 0.3) is 0 Å². The van der Waals surface area contributed by atoms with Crippen LogP contribution in [0.15, 0.2) is 0 Å². The predicted molar refractivity (Wildman–Crippen MR) is 88.8 cm³/mol. The maximum atomic E-state index is 6.35. The topological polar surface area (TPSA) is 29.9 Å². The van der Waals surface area contributed by atoms with Crippen molar-refractivity contribution >= 4 is 23.4 Å². The number of nitrogens with zero attached hydrogens (tertiary/aromatic N) is 2. The number of hydrogen-bond donors (Lipinski definition) is 1. The summed E-state index contributed by atoms with van der Waals surface area (Å²) >= 11 is 8.49. The van der Waals surface area contributed by atoms with Crippen molar-refractivity contribution in [1.29, 1.82) is 0 Å². The van der Waals surface area contributed by atoms with Crippen LogP contribution in [0.5, 0.6) is 0 Å². The molecule has 1 atom stereocenters. The lowest BCUT2D eigenvalue weighted by atomic mass is 10.1. The summed E-state index contributed by atoms with van der Waals surface area (Å²) in [5.41, 5.74) is 2.26. The lowest BCUT2D eigenvalue weighted by Gasteiger charge is -2.19. The van der Waals surface area contributed by atoms with E-state index in [2.05, 4.69) is 29.1 Å². The Labute approximate surface area is 131 Å². The van der Waals surface area contributed by atoms with Crippen LogP contribution in [-0.4, -0.2) is 33.4 Å². The van der Waals surface area contributed by atoms with Crippen LogP contribution in [0.3, 0.4) is 0 Å². The van der Waals surface area contributed by atoms with E-state index < -0.39 is 0 Å². The Morgan fingerprint density at radius 2 is 2.15 bits per heavy atom. The monoisotopic (exact) mass is 315 g/mol. The van der Waals surface area contributed by atoms with Crippen LogP contribution in [0.4, 0.5) is 0 Å². The Bertz CT molecular complexity index is 427. The Balaban J connectivity index is 1.93. The van der Waals surface area contributed by atoms with Gasteiger partial charge in [-0.15, -0.1) is 0 Å². The summed E-state index contributed by atoms with van der Waals surface area (Å²) in [7, 11) is 1.91. The maximum absolute atomic E-state index is 6.35. The van der Waals surface area contributed by atoms with Crippen LogP contribution < -0.4 is 5.32 Å². The van der Waals surface area contributed by atoms with Gasteiger partial charge in [0.1, 0.15) is 5.15 Å². The van der Waals surface area contributed by atoms with Gasteiger partial charge in [-0.3, -0.25) is 4.68 Å². The first kappa shape index (κ1) is 16.2. The second-order valence-corrected chi connectivity index (χ2v) is 7.37. The van der Waals surface area contributed by atoms with E-state index in [0.29, 0.717) is 6.04 Å². The summed E-state index contributed by atoms with van der Waals surface area (Å²) in [4.78, 5) is 0. The van der Waals surface area contributed by atoms with Gasteiger partial charge in [-0.25, -0.2) is 0 Å². The molecule has 1 aromatic rings. The summed E-state index contributed by atoms with van der Waals surface area (Å²) in [5, 5.41) is 9.68. The standard InChI is InChI=1S/C15H26ClN3S/c1-4-17-12(10-20-13-7-5-6-8-13)9-14-11(2)18-19(3)15(14)16/h12-13,17H,4-10H2,1-3H3. The molecule has 114 valence electrons. The molecule has 20 heavy (non-hydrogen) atoms. The first-order valence-electron chi connectivity index (χ1n) is 7.64. The number of aromatic nitrogens is 2. The molecule has 1 aliphatic carbocycles. The quantitative estimate of drug-likeness (QED) is 0.834. The van der Waals surface area contributed by atoms with Crippen molar-refractivity contribution in [3.05, 3.63) is 16.4 Å². The summed E-state index contributed by atoms with van der Waals surface area (Å²) in [6, 6.07) is 0.492. The molecule has 0 aliphatic heterocycles. The number of nitrogens with one attached hydrogen (secondary N) is 1. The Morgan fingerprint density at radius 3 is 2.70 bits per heavy atom. The molecule has 1 unspecified atom stereocenters. The normalized spacial score (nSPS) is 17.8. The molecule has 0 bridgehead atoms. The Kier molecular flexibility index (Phi) is 6.24. The molecule has 1 aliphatic rings. The van der Waals surface area contributed by atoms with Crippen molar-refractivity contribution < 1.29 is 0 Å². The zero-order valence-electron chi connectivity index (χ0n) is 12.8. The molecule has 0 saturated heterocycles. The van der Waals surface area contributed by atoms with Crippen molar-refractivity contribution in [2.24, 2.45) is 7.05 Å². The summed E-state index contributed by atoms with van der Waals surface area (Å²) in [5.74, 6) is 1.17. The Hall–Kier alpha value is -0.190. The van der Waals surface area contributed by atoms with Crippen LogP contribution in [0.2, 0.25) is 5.15 Å². The molecule has 0 spiro atoms. The summed E-state index contributed by atoms with van der Waals surface area (Å²) in [6.45, 7) is 5.23. The van der Waals surface area contributed by atoms with Gasteiger partial charge in [0, 0.05) is 29.7 Å². The van der Waals surface area contributed by atoms with E-state index >= 15 is 0 Å². The van der Waals surface area contributed by atoms with Gasteiger partial charge in [-0.1, -0.05) is 31.4 Å². The SMILES string of the molecule is CCNC(CSC1CCCC1)Cc1c(C)nn(C)c1Cl. The summed E-state index contributed by atoms with van der Waals surface area (Å²) in [6.07, 6.45) is 6.60. The molecular weight excluding hydrogens is 290 g/mol. The van der Waals surface area contributed by atoms with Crippen molar-refractivity contribution in [1.82, 2.24) is 15.1 Å². The van der Waals surface area contributed by atoms with Gasteiger partial charge in [0.15, 0.2) is 0 Å². The predicted octanol–water partition coefficient (Wildman–Crippen LogP) is 3.58. The average Bonchev–Trinajstić information content (AvgIpc) is 3.00. The zero-order valence-corrected chi connectivity index (χ0v) is 14.4. The minimum absolute atomic E-state index is 0.492. The number of hydrogen-bond acceptors (Lipinski definition) is 3. The molecule has 5 heteroatoms. The highest BCUT2D eigenvalue weighted by Gasteiger charge is 2.20. The van der Waals surface area contributed by atoms with Crippen LogP contribution in [0.1, 0.15) is 43.9 Å². The largest absolute Gasteiger partial charge is 0.313 e. The van der Waals surface area contributed by atoms with Crippen LogP contribution in [0, 0.1) is 6.92 Å². The van der Waals surface area contributed by atoms with E-state index in [4.69, 9.17) is 11.6 Å². The van der Waals surface area contributed by atoms with E-state index in [-0.39, 0.29) is 0 Å². The van der Waals surface area contributed by atoms with Crippen LogP contribution in [-0.2, 0) is 13.5 Å². The van der Waals surface area contributed by atoms with Gasteiger partial charge in [0.05, 0.1) is 5.69 Å². The van der Waals surface area contributed by atoms with Crippen molar-refractivity contribution in [3.8, 4) is 0 Å². The van der Waals surface area contributed by atoms with E-state index in [1.165, 1.54) is 37.0 Å². The van der Waals surface area contributed by atoms with E-state index in [1.54, 1.807) is 4.68 Å². The fraction of sp³-hybridized carbons (Fsp3) is 0.800. The molecule has 1 N–H and O–H groups in total. The van der Waals surface area contributed by atoms with Gasteiger partial charge in [0.2, 0.25) is 0 Å². The fourth-order valence-electron chi connectivity index (χ4n) is 2.94. The average molecular weight is 316 g/mol. The third kappa shape index (κ3) is 4.15. The van der Waals surface area contributed by atoms with E-state index in [1.807, 2.05) is 14.0 Å². The fourth-order valence-corrected chi connectivity index (χ4v) is 4.60. The summed E-state index contributed by atoms with van der Waals surface area (Å²) < 4.78 is 1.78. The number of likely N-dealkylation sites (N-methyl/N-ethyl adjacent to an activating group) is 1. The minimum Gasteiger partial charge on any atom is -0.313 e. The molecule has 0 amide bonds. The molecular formula is C15H26ClN3S. The van der Waals surface area contributed by atoms with Crippen molar-refractivity contribution in [2.75, 3.05) is 12.3 Å².